The molecule has 4 heteroatoms. The maximum Gasteiger partial charge on any atom is 0.0977 e. The molecule has 3 unspecified atom stereocenters. The van der Waals surface area contributed by atoms with Crippen LogP contribution in [0.2, 0.25) is 0 Å². The largest absolute Gasteiger partial charge is 0.392 e. The molecular formula is C11H14N2S2. The minimum absolute atomic E-state index is 0.299. The van der Waals surface area contributed by atoms with Crippen LogP contribution in [0.1, 0.15) is 26.2 Å². The second-order valence-electron chi connectivity index (χ2n) is 4.44. The lowest BCUT2D eigenvalue weighted by atomic mass is 9.72. The second kappa shape index (κ2) is 4.15. The minimum Gasteiger partial charge on any atom is -0.392 e. The smallest absolute Gasteiger partial charge is 0.0977 e. The molecule has 1 fully saturated rings. The van der Waals surface area contributed by atoms with Crippen LogP contribution in [-0.4, -0.2) is 4.20 Å². The van der Waals surface area contributed by atoms with Crippen molar-refractivity contribution in [1.82, 2.24) is 0 Å². The van der Waals surface area contributed by atoms with E-state index in [9.17, 15) is 0 Å². The number of allylic oxidation sites excluding steroid dienone is 1. The highest BCUT2D eigenvalue weighted by atomic mass is 32.2. The van der Waals surface area contributed by atoms with Gasteiger partial charge in [0.2, 0.25) is 0 Å². The summed E-state index contributed by atoms with van der Waals surface area (Å²) < 4.78 is 0.989. The van der Waals surface area contributed by atoms with E-state index >= 15 is 0 Å². The van der Waals surface area contributed by atoms with Crippen LogP contribution in [0.3, 0.4) is 0 Å². The van der Waals surface area contributed by atoms with Crippen molar-refractivity contribution in [1.29, 1.82) is 5.26 Å². The fourth-order valence-corrected chi connectivity index (χ4v) is 4.05. The van der Waals surface area contributed by atoms with Gasteiger partial charge in [0.1, 0.15) is 0 Å². The Balaban J connectivity index is 2.34. The lowest BCUT2D eigenvalue weighted by Crippen LogP contribution is -2.33. The van der Waals surface area contributed by atoms with Crippen LogP contribution < -0.4 is 5.73 Å². The van der Waals surface area contributed by atoms with Gasteiger partial charge in [-0.05, 0) is 18.8 Å². The summed E-state index contributed by atoms with van der Waals surface area (Å²) in [7, 11) is 0. The summed E-state index contributed by atoms with van der Waals surface area (Å²) in [6.07, 6.45) is 3.41. The number of thioether (sulfide) groups is 1. The Bertz CT molecular complexity index is 367. The van der Waals surface area contributed by atoms with Crippen LogP contribution in [-0.2, 0) is 0 Å². The van der Waals surface area contributed by atoms with Gasteiger partial charge in [0, 0.05) is 11.8 Å². The molecule has 0 radical (unpaired) electrons. The maximum atomic E-state index is 9.13. The molecule has 1 heterocycles. The van der Waals surface area contributed by atoms with Crippen molar-refractivity contribution < 1.29 is 0 Å². The van der Waals surface area contributed by atoms with Crippen LogP contribution in [0, 0.1) is 29.1 Å². The third-order valence-electron chi connectivity index (χ3n) is 3.38. The average Bonchev–Trinajstić information content (AvgIpc) is 2.17. The monoisotopic (exact) mass is 238 g/mol. The van der Waals surface area contributed by atoms with E-state index in [1.165, 1.54) is 18.2 Å². The van der Waals surface area contributed by atoms with Gasteiger partial charge in [0.25, 0.3) is 0 Å². The maximum absolute atomic E-state index is 9.13. The van der Waals surface area contributed by atoms with Gasteiger partial charge in [-0.2, -0.15) is 5.26 Å². The number of nitrogens with two attached hydrogens (primary N) is 1. The molecule has 0 amide bonds. The Morgan fingerprint density at radius 1 is 1.47 bits per heavy atom. The predicted molar refractivity (Wildman–Crippen MR) is 67.0 cm³/mol. The van der Waals surface area contributed by atoms with Crippen molar-refractivity contribution >= 4 is 28.2 Å². The Labute approximate surface area is 99.9 Å². The number of fused-ring (bicyclic) bond motifs is 1. The summed E-state index contributed by atoms with van der Waals surface area (Å²) in [6, 6.07) is 2.27. The molecular weight excluding hydrogens is 224 g/mol. The topological polar surface area (TPSA) is 49.8 Å². The van der Waals surface area contributed by atoms with Gasteiger partial charge in [-0.15, -0.1) is 0 Å². The van der Waals surface area contributed by atoms with E-state index in [-0.39, 0.29) is 0 Å². The van der Waals surface area contributed by atoms with Crippen molar-refractivity contribution in [3.8, 4) is 6.07 Å². The molecule has 3 atom stereocenters. The molecule has 0 aromatic carbocycles. The first kappa shape index (κ1) is 11.0. The number of rotatable bonds is 0. The summed E-state index contributed by atoms with van der Waals surface area (Å²) in [5.41, 5.74) is 6.65. The Hall–Kier alpha value is -0.530. The molecule has 1 aliphatic heterocycles. The van der Waals surface area contributed by atoms with E-state index in [4.69, 9.17) is 23.2 Å². The van der Waals surface area contributed by atoms with E-state index in [0.29, 0.717) is 22.8 Å². The fraction of sp³-hybridized carbons (Fsp3) is 0.636. The van der Waals surface area contributed by atoms with Gasteiger partial charge in [-0.1, -0.05) is 37.3 Å². The Kier molecular flexibility index (Phi) is 3.03. The van der Waals surface area contributed by atoms with Gasteiger partial charge in [-0.25, -0.2) is 0 Å². The number of hydrogen-bond acceptors (Lipinski definition) is 4. The van der Waals surface area contributed by atoms with E-state index in [1.54, 1.807) is 0 Å². The number of hydrogen-bond donors (Lipinski definition) is 1. The summed E-state index contributed by atoms with van der Waals surface area (Å²) in [5, 5.41) is 9.77. The number of nitrogens with zero attached hydrogens (tertiary/aromatic N) is 1. The zero-order valence-electron chi connectivity index (χ0n) is 8.69. The zero-order chi connectivity index (χ0) is 11.0. The average molecular weight is 238 g/mol. The van der Waals surface area contributed by atoms with E-state index in [1.807, 2.05) is 0 Å². The van der Waals surface area contributed by atoms with Crippen molar-refractivity contribution in [2.45, 2.75) is 26.2 Å². The van der Waals surface area contributed by atoms with Crippen molar-refractivity contribution in [3.63, 3.8) is 0 Å². The van der Waals surface area contributed by atoms with Gasteiger partial charge in [0.05, 0.1) is 20.9 Å². The van der Waals surface area contributed by atoms with Crippen LogP contribution in [0.5, 0.6) is 0 Å². The summed E-state index contributed by atoms with van der Waals surface area (Å²) in [4.78, 5) is 0. The molecule has 2 N–H and O–H groups in total. The highest BCUT2D eigenvalue weighted by molar-refractivity contribution is 8.25. The predicted octanol–water partition coefficient (Wildman–Crippen LogP) is 2.81. The Morgan fingerprint density at radius 3 is 2.87 bits per heavy atom. The lowest BCUT2D eigenvalue weighted by molar-refractivity contribution is 0.276. The molecule has 0 aromatic heterocycles. The molecule has 15 heavy (non-hydrogen) atoms. The quantitative estimate of drug-likeness (QED) is 0.659. The summed E-state index contributed by atoms with van der Waals surface area (Å²) >= 11 is 6.79. The van der Waals surface area contributed by atoms with Crippen molar-refractivity contribution in [2.24, 2.45) is 23.5 Å². The lowest BCUT2D eigenvalue weighted by Gasteiger charge is -2.38. The molecule has 80 valence electrons. The van der Waals surface area contributed by atoms with E-state index in [2.05, 4.69) is 13.0 Å². The second-order valence-corrected chi connectivity index (χ2v) is 6.22. The molecule has 0 aromatic rings. The SMILES string of the molecule is CC1CCC2C(=S)SC(N)=C(C#N)C2C1. The van der Waals surface area contributed by atoms with Crippen molar-refractivity contribution in [3.05, 3.63) is 10.6 Å². The number of nitriles is 1. The standard InChI is InChI=1S/C11H14N2S2/c1-6-2-3-7-8(4-6)9(5-12)10(13)15-11(7)14/h6-8H,2-4,13H2,1H3. The minimum atomic E-state index is 0.299. The molecule has 2 aliphatic rings. The van der Waals surface area contributed by atoms with Crippen LogP contribution in [0.4, 0.5) is 0 Å². The summed E-state index contributed by atoms with van der Waals surface area (Å²) in [5.74, 6) is 1.39. The molecule has 1 saturated carbocycles. The van der Waals surface area contributed by atoms with Crippen LogP contribution in [0.25, 0.3) is 0 Å². The fourth-order valence-electron chi connectivity index (χ4n) is 2.54. The third kappa shape index (κ3) is 1.91. The first-order valence-corrected chi connectivity index (χ1v) is 6.47. The molecule has 2 nitrogen and oxygen atoms in total. The van der Waals surface area contributed by atoms with Crippen molar-refractivity contribution in [2.75, 3.05) is 0 Å². The van der Waals surface area contributed by atoms with Gasteiger partial charge in [0.15, 0.2) is 0 Å². The van der Waals surface area contributed by atoms with Crippen LogP contribution >= 0.6 is 24.0 Å². The Morgan fingerprint density at radius 2 is 2.20 bits per heavy atom. The molecule has 0 spiro atoms. The van der Waals surface area contributed by atoms with E-state index < -0.39 is 0 Å². The number of thiocarbonyl (C=S) groups is 1. The molecule has 2 rings (SSSR count). The highest BCUT2D eigenvalue weighted by Crippen LogP contribution is 2.46. The first-order valence-electron chi connectivity index (χ1n) is 5.25. The first-order chi connectivity index (χ1) is 7.13. The summed E-state index contributed by atoms with van der Waals surface area (Å²) in [6.45, 7) is 2.24. The van der Waals surface area contributed by atoms with Gasteiger partial charge >= 0.3 is 0 Å². The van der Waals surface area contributed by atoms with Crippen LogP contribution in [0.15, 0.2) is 10.6 Å². The molecule has 0 bridgehead atoms. The highest BCUT2D eigenvalue weighted by Gasteiger charge is 2.38. The molecule has 1 aliphatic carbocycles. The zero-order valence-corrected chi connectivity index (χ0v) is 10.3. The third-order valence-corrected chi connectivity index (χ3v) is 4.88. The van der Waals surface area contributed by atoms with Gasteiger partial charge in [-0.3, -0.25) is 0 Å². The normalized spacial score (nSPS) is 36.0. The van der Waals surface area contributed by atoms with Gasteiger partial charge < -0.3 is 5.73 Å². The van der Waals surface area contributed by atoms with E-state index in [0.717, 1.165) is 22.6 Å². The molecule has 0 saturated heterocycles.